The molecule has 0 amide bonds. The van der Waals surface area contributed by atoms with Crippen LogP contribution in [0.15, 0.2) is 60.7 Å². The Kier molecular flexibility index (Phi) is 7.73. The number of hydrogen-bond donors (Lipinski definition) is 1. The van der Waals surface area contributed by atoms with Crippen LogP contribution in [0.1, 0.15) is 17.8 Å². The van der Waals surface area contributed by atoms with E-state index in [1.807, 2.05) is 18.2 Å². The van der Waals surface area contributed by atoms with Gasteiger partial charge < -0.3 is 10.2 Å². The van der Waals surface area contributed by atoms with Crippen molar-refractivity contribution in [3.63, 3.8) is 0 Å². The maximum atomic E-state index is 4.82. The van der Waals surface area contributed by atoms with Gasteiger partial charge in [0.25, 0.3) is 0 Å². The molecule has 0 saturated carbocycles. The van der Waals surface area contributed by atoms with Crippen molar-refractivity contribution in [1.29, 1.82) is 0 Å². The van der Waals surface area contributed by atoms with E-state index in [0.29, 0.717) is 6.54 Å². The molecule has 29 heavy (non-hydrogen) atoms. The lowest BCUT2D eigenvalue weighted by Crippen LogP contribution is -2.20. The molecule has 1 heterocycles. The lowest BCUT2D eigenvalue weighted by atomic mass is 10.2. The third-order valence-corrected chi connectivity index (χ3v) is 4.66. The number of benzene rings is 2. The van der Waals surface area contributed by atoms with Gasteiger partial charge in [0.05, 0.1) is 12.1 Å². The molecular weight excluding hydrogens is 358 g/mol. The van der Waals surface area contributed by atoms with E-state index in [1.165, 1.54) is 5.56 Å². The molecule has 2 aromatic carbocycles. The summed E-state index contributed by atoms with van der Waals surface area (Å²) < 4.78 is 0. The average Bonchev–Trinajstić information content (AvgIpc) is 2.71. The number of fused-ring (bicyclic) bond motifs is 1. The van der Waals surface area contributed by atoms with E-state index in [2.05, 4.69) is 84.8 Å². The molecule has 3 rings (SSSR count). The highest BCUT2D eigenvalue weighted by atomic mass is 15.1. The number of para-hydroxylation sites is 1. The van der Waals surface area contributed by atoms with Gasteiger partial charge in [0.1, 0.15) is 11.6 Å². The predicted molar refractivity (Wildman–Crippen MR) is 123 cm³/mol. The van der Waals surface area contributed by atoms with Crippen LogP contribution in [-0.4, -0.2) is 60.5 Å². The second-order valence-corrected chi connectivity index (χ2v) is 7.60. The molecule has 3 aromatic rings. The SMILES string of the molecule is CN(C)CCCNc1nc(CN(C)CC=Cc2ccccc2)nc2ccccc12. The number of rotatable bonds is 10. The number of anilines is 1. The minimum absolute atomic E-state index is 0.705. The number of nitrogens with one attached hydrogen (secondary N) is 1. The van der Waals surface area contributed by atoms with Crippen LogP contribution in [0.2, 0.25) is 0 Å². The number of aromatic nitrogens is 2. The second kappa shape index (κ2) is 10.7. The van der Waals surface area contributed by atoms with Gasteiger partial charge in [-0.05, 0) is 51.8 Å². The minimum atomic E-state index is 0.705. The van der Waals surface area contributed by atoms with Gasteiger partial charge in [0.15, 0.2) is 0 Å². The van der Waals surface area contributed by atoms with Crippen LogP contribution < -0.4 is 5.32 Å². The maximum Gasteiger partial charge on any atom is 0.145 e. The van der Waals surface area contributed by atoms with Crippen LogP contribution in [0.25, 0.3) is 17.0 Å². The fourth-order valence-corrected chi connectivity index (χ4v) is 3.17. The van der Waals surface area contributed by atoms with Crippen molar-refractivity contribution in [2.24, 2.45) is 0 Å². The first-order chi connectivity index (χ1) is 14.1. The molecule has 152 valence electrons. The molecule has 1 N–H and O–H groups in total. The van der Waals surface area contributed by atoms with Crippen molar-refractivity contribution >= 4 is 22.8 Å². The van der Waals surface area contributed by atoms with Gasteiger partial charge in [0.2, 0.25) is 0 Å². The van der Waals surface area contributed by atoms with E-state index in [4.69, 9.17) is 9.97 Å². The summed E-state index contributed by atoms with van der Waals surface area (Å²) >= 11 is 0. The van der Waals surface area contributed by atoms with E-state index in [-0.39, 0.29) is 0 Å². The monoisotopic (exact) mass is 389 g/mol. The van der Waals surface area contributed by atoms with Crippen molar-refractivity contribution in [2.45, 2.75) is 13.0 Å². The van der Waals surface area contributed by atoms with Crippen LogP contribution in [0.5, 0.6) is 0 Å². The van der Waals surface area contributed by atoms with Crippen molar-refractivity contribution in [1.82, 2.24) is 19.8 Å². The standard InChI is InChI=1S/C24H31N5/c1-28(2)17-10-16-25-24-21-14-7-8-15-22(21)26-23(27-24)19-29(3)18-9-13-20-11-5-4-6-12-20/h4-9,11-15H,10,16-19H2,1-3H3,(H,25,26,27). The summed E-state index contributed by atoms with van der Waals surface area (Å²) in [6.45, 7) is 3.50. The van der Waals surface area contributed by atoms with Gasteiger partial charge in [-0.1, -0.05) is 54.6 Å². The first-order valence-corrected chi connectivity index (χ1v) is 10.2. The molecule has 0 aliphatic rings. The summed E-state index contributed by atoms with van der Waals surface area (Å²) in [4.78, 5) is 14.0. The van der Waals surface area contributed by atoms with E-state index < -0.39 is 0 Å². The Hall–Kier alpha value is -2.76. The van der Waals surface area contributed by atoms with Crippen LogP contribution >= 0.6 is 0 Å². The fraction of sp³-hybridized carbons (Fsp3) is 0.333. The van der Waals surface area contributed by atoms with Gasteiger partial charge in [-0.25, -0.2) is 9.97 Å². The summed E-state index contributed by atoms with van der Waals surface area (Å²) in [5, 5.41) is 4.59. The summed E-state index contributed by atoms with van der Waals surface area (Å²) in [7, 11) is 6.29. The molecule has 5 heteroatoms. The summed E-state index contributed by atoms with van der Waals surface area (Å²) in [6, 6.07) is 18.6. The largest absolute Gasteiger partial charge is 0.369 e. The third-order valence-electron chi connectivity index (χ3n) is 4.66. The second-order valence-electron chi connectivity index (χ2n) is 7.60. The van der Waals surface area contributed by atoms with Gasteiger partial charge in [-0.15, -0.1) is 0 Å². The summed E-state index contributed by atoms with van der Waals surface area (Å²) in [6.07, 6.45) is 5.40. The van der Waals surface area contributed by atoms with Gasteiger partial charge >= 0.3 is 0 Å². The fourth-order valence-electron chi connectivity index (χ4n) is 3.17. The molecule has 0 atom stereocenters. The zero-order chi connectivity index (χ0) is 20.5. The van der Waals surface area contributed by atoms with E-state index in [9.17, 15) is 0 Å². The summed E-state index contributed by atoms with van der Waals surface area (Å²) in [5.74, 6) is 1.77. The van der Waals surface area contributed by atoms with Crippen molar-refractivity contribution in [3.05, 3.63) is 72.1 Å². The molecule has 0 aliphatic heterocycles. The first kappa shape index (κ1) is 21.0. The lowest BCUT2D eigenvalue weighted by Gasteiger charge is -2.16. The molecule has 0 bridgehead atoms. The highest BCUT2D eigenvalue weighted by Gasteiger charge is 2.09. The first-order valence-electron chi connectivity index (χ1n) is 10.2. The molecule has 0 spiro atoms. The minimum Gasteiger partial charge on any atom is -0.369 e. The topological polar surface area (TPSA) is 44.3 Å². The summed E-state index contributed by atoms with van der Waals surface area (Å²) in [5.41, 5.74) is 2.20. The van der Waals surface area contributed by atoms with Crippen LogP contribution in [0, 0.1) is 0 Å². The van der Waals surface area contributed by atoms with E-state index in [1.54, 1.807) is 0 Å². The zero-order valence-electron chi connectivity index (χ0n) is 17.7. The van der Waals surface area contributed by atoms with Crippen LogP contribution in [-0.2, 0) is 6.54 Å². The van der Waals surface area contributed by atoms with Gasteiger partial charge in [-0.2, -0.15) is 0 Å². The molecule has 0 fully saturated rings. The molecular formula is C24H31N5. The van der Waals surface area contributed by atoms with E-state index in [0.717, 1.165) is 48.6 Å². The zero-order valence-corrected chi connectivity index (χ0v) is 17.7. The average molecular weight is 390 g/mol. The van der Waals surface area contributed by atoms with Crippen molar-refractivity contribution in [3.8, 4) is 0 Å². The molecule has 0 unspecified atom stereocenters. The quantitative estimate of drug-likeness (QED) is 0.528. The van der Waals surface area contributed by atoms with Crippen molar-refractivity contribution < 1.29 is 0 Å². The van der Waals surface area contributed by atoms with Crippen molar-refractivity contribution in [2.75, 3.05) is 46.1 Å². The number of nitrogens with zero attached hydrogens (tertiary/aromatic N) is 4. The van der Waals surface area contributed by atoms with Crippen LogP contribution in [0.3, 0.4) is 0 Å². The maximum absolute atomic E-state index is 4.82. The Morgan fingerprint density at radius 2 is 1.69 bits per heavy atom. The highest BCUT2D eigenvalue weighted by molar-refractivity contribution is 5.88. The Morgan fingerprint density at radius 3 is 2.48 bits per heavy atom. The third kappa shape index (κ3) is 6.66. The van der Waals surface area contributed by atoms with Gasteiger partial charge in [0, 0.05) is 18.5 Å². The van der Waals surface area contributed by atoms with Crippen LogP contribution in [0.4, 0.5) is 5.82 Å². The Balaban J connectivity index is 1.65. The normalized spacial score (nSPS) is 11.8. The Labute approximate surface area is 174 Å². The molecule has 0 radical (unpaired) electrons. The highest BCUT2D eigenvalue weighted by Crippen LogP contribution is 2.20. The predicted octanol–water partition coefficient (Wildman–Crippen LogP) is 4.14. The molecule has 5 nitrogen and oxygen atoms in total. The van der Waals surface area contributed by atoms with Gasteiger partial charge in [-0.3, -0.25) is 4.90 Å². The molecule has 0 aliphatic carbocycles. The Morgan fingerprint density at radius 1 is 0.931 bits per heavy atom. The number of hydrogen-bond acceptors (Lipinski definition) is 5. The smallest absolute Gasteiger partial charge is 0.145 e. The molecule has 0 saturated heterocycles. The Bertz CT molecular complexity index is 921. The van der Waals surface area contributed by atoms with E-state index >= 15 is 0 Å². The lowest BCUT2D eigenvalue weighted by molar-refractivity contribution is 0.354. The number of likely N-dealkylation sites (N-methyl/N-ethyl adjacent to an activating group) is 1. The molecule has 1 aromatic heterocycles.